The van der Waals surface area contributed by atoms with Crippen LogP contribution in [0.2, 0.25) is 0 Å². The fourth-order valence-corrected chi connectivity index (χ4v) is 2.27. The predicted molar refractivity (Wildman–Crippen MR) is 62.9 cm³/mol. The molecule has 1 saturated heterocycles. The Balaban J connectivity index is 2.25. The average molecular weight is 223 g/mol. The molecule has 0 aromatic heterocycles. The molecule has 1 N–H and O–H groups in total. The normalized spacial score (nSPS) is 17.8. The highest BCUT2D eigenvalue weighted by Gasteiger charge is 2.20. The number of halogens is 1. The molecular weight excluding hydrogens is 205 g/mol. The number of nitrogens with zero attached hydrogens (tertiary/aromatic N) is 1. The molecular formula is C13H18FNO. The number of hydrogen-bond acceptors (Lipinski definition) is 2. The number of aliphatic hydroxyl groups excluding tert-OH is 1. The lowest BCUT2D eigenvalue weighted by Crippen LogP contribution is -2.34. The van der Waals surface area contributed by atoms with E-state index in [0.717, 1.165) is 31.8 Å². The lowest BCUT2D eigenvalue weighted by Gasteiger charge is -2.33. The second kappa shape index (κ2) is 4.83. The Morgan fingerprint density at radius 1 is 1.38 bits per heavy atom. The Morgan fingerprint density at radius 3 is 2.69 bits per heavy atom. The van der Waals surface area contributed by atoms with Crippen LogP contribution in [0.1, 0.15) is 25.3 Å². The topological polar surface area (TPSA) is 23.5 Å². The monoisotopic (exact) mass is 223 g/mol. The van der Waals surface area contributed by atoms with Crippen LogP contribution < -0.4 is 4.90 Å². The van der Waals surface area contributed by atoms with Gasteiger partial charge in [-0.05, 0) is 24.8 Å². The number of hydrogen-bond donors (Lipinski definition) is 1. The van der Waals surface area contributed by atoms with Gasteiger partial charge in [0, 0.05) is 18.7 Å². The van der Waals surface area contributed by atoms with E-state index in [2.05, 4.69) is 11.8 Å². The van der Waals surface area contributed by atoms with E-state index in [1.54, 1.807) is 12.1 Å². The van der Waals surface area contributed by atoms with Crippen molar-refractivity contribution >= 4 is 5.69 Å². The summed E-state index contributed by atoms with van der Waals surface area (Å²) >= 11 is 0. The molecule has 2 rings (SSSR count). The third-order valence-electron chi connectivity index (χ3n) is 3.34. The van der Waals surface area contributed by atoms with Gasteiger partial charge in [0.05, 0.1) is 12.3 Å². The van der Waals surface area contributed by atoms with Crippen LogP contribution in [0.15, 0.2) is 18.2 Å². The fraction of sp³-hybridized carbons (Fsp3) is 0.538. The van der Waals surface area contributed by atoms with Gasteiger partial charge < -0.3 is 10.0 Å². The van der Waals surface area contributed by atoms with Crippen molar-refractivity contribution in [1.82, 2.24) is 0 Å². The van der Waals surface area contributed by atoms with Crippen LogP contribution in [0, 0.1) is 11.7 Å². The van der Waals surface area contributed by atoms with Crippen molar-refractivity contribution in [2.24, 2.45) is 5.92 Å². The van der Waals surface area contributed by atoms with Crippen LogP contribution in [0.4, 0.5) is 10.1 Å². The highest BCUT2D eigenvalue weighted by molar-refractivity contribution is 5.54. The van der Waals surface area contributed by atoms with Crippen molar-refractivity contribution < 1.29 is 9.50 Å². The van der Waals surface area contributed by atoms with Gasteiger partial charge in [-0.15, -0.1) is 0 Å². The smallest absolute Gasteiger partial charge is 0.146 e. The molecule has 0 atom stereocenters. The van der Waals surface area contributed by atoms with Crippen LogP contribution in [-0.4, -0.2) is 18.2 Å². The summed E-state index contributed by atoms with van der Waals surface area (Å²) in [6.07, 6.45) is 2.19. The molecule has 0 unspecified atom stereocenters. The largest absolute Gasteiger partial charge is 0.392 e. The summed E-state index contributed by atoms with van der Waals surface area (Å²) in [5, 5.41) is 9.23. The minimum Gasteiger partial charge on any atom is -0.392 e. The molecule has 88 valence electrons. The molecule has 1 heterocycles. The third-order valence-corrected chi connectivity index (χ3v) is 3.34. The molecule has 0 radical (unpaired) electrons. The van der Waals surface area contributed by atoms with Crippen LogP contribution in [0.25, 0.3) is 0 Å². The van der Waals surface area contributed by atoms with Gasteiger partial charge >= 0.3 is 0 Å². The maximum atomic E-state index is 13.8. The minimum atomic E-state index is -0.221. The van der Waals surface area contributed by atoms with Crippen molar-refractivity contribution in [3.63, 3.8) is 0 Å². The molecule has 0 aliphatic carbocycles. The van der Waals surface area contributed by atoms with Gasteiger partial charge in [-0.1, -0.05) is 19.1 Å². The highest BCUT2D eigenvalue weighted by atomic mass is 19.1. The van der Waals surface area contributed by atoms with Gasteiger partial charge in [0.1, 0.15) is 5.82 Å². The SMILES string of the molecule is CC1CCN(c2c(F)cccc2CO)CC1. The van der Waals surface area contributed by atoms with E-state index in [0.29, 0.717) is 11.3 Å². The summed E-state index contributed by atoms with van der Waals surface area (Å²) in [4.78, 5) is 2.06. The lowest BCUT2D eigenvalue weighted by molar-refractivity contribution is 0.281. The van der Waals surface area contributed by atoms with Gasteiger partial charge in [-0.25, -0.2) is 4.39 Å². The Labute approximate surface area is 95.7 Å². The van der Waals surface area contributed by atoms with Crippen molar-refractivity contribution in [3.05, 3.63) is 29.6 Å². The molecule has 0 spiro atoms. The first-order valence-corrected chi connectivity index (χ1v) is 5.85. The number of anilines is 1. The van der Waals surface area contributed by atoms with Gasteiger partial charge in [-0.3, -0.25) is 0 Å². The lowest BCUT2D eigenvalue weighted by atomic mass is 9.98. The summed E-state index contributed by atoms with van der Waals surface area (Å²) in [6.45, 7) is 3.90. The zero-order chi connectivity index (χ0) is 11.5. The molecule has 16 heavy (non-hydrogen) atoms. The zero-order valence-corrected chi connectivity index (χ0v) is 9.62. The van der Waals surface area contributed by atoms with Crippen molar-refractivity contribution in [1.29, 1.82) is 0 Å². The Hall–Kier alpha value is -1.09. The van der Waals surface area contributed by atoms with Crippen LogP contribution in [0.3, 0.4) is 0 Å². The number of piperidine rings is 1. The van der Waals surface area contributed by atoms with Gasteiger partial charge in [-0.2, -0.15) is 0 Å². The van der Waals surface area contributed by atoms with E-state index in [4.69, 9.17) is 0 Å². The number of benzene rings is 1. The highest BCUT2D eigenvalue weighted by Crippen LogP contribution is 2.28. The van der Waals surface area contributed by atoms with E-state index >= 15 is 0 Å². The molecule has 0 amide bonds. The standard InChI is InChI=1S/C13H18FNO/c1-10-5-7-15(8-6-10)13-11(9-16)3-2-4-12(13)14/h2-4,10,16H,5-9H2,1H3. The Kier molecular flexibility index (Phi) is 3.44. The first-order chi connectivity index (χ1) is 7.72. The van der Waals surface area contributed by atoms with E-state index < -0.39 is 0 Å². The van der Waals surface area contributed by atoms with Gasteiger partial charge in [0.15, 0.2) is 0 Å². The van der Waals surface area contributed by atoms with Crippen molar-refractivity contribution in [2.75, 3.05) is 18.0 Å². The molecule has 1 fully saturated rings. The van der Waals surface area contributed by atoms with Gasteiger partial charge in [0.25, 0.3) is 0 Å². The summed E-state index contributed by atoms with van der Waals surface area (Å²) in [7, 11) is 0. The molecule has 2 nitrogen and oxygen atoms in total. The van der Waals surface area contributed by atoms with Crippen LogP contribution >= 0.6 is 0 Å². The second-order valence-corrected chi connectivity index (χ2v) is 4.58. The van der Waals surface area contributed by atoms with Crippen LogP contribution in [-0.2, 0) is 6.61 Å². The maximum Gasteiger partial charge on any atom is 0.146 e. The van der Waals surface area contributed by atoms with Crippen molar-refractivity contribution in [3.8, 4) is 0 Å². The number of rotatable bonds is 2. The summed E-state index contributed by atoms with van der Waals surface area (Å²) in [5.74, 6) is 0.502. The average Bonchev–Trinajstić information content (AvgIpc) is 2.30. The number of aliphatic hydroxyl groups is 1. The summed E-state index contributed by atoms with van der Waals surface area (Å²) in [5.41, 5.74) is 1.28. The summed E-state index contributed by atoms with van der Waals surface area (Å²) in [6, 6.07) is 4.90. The quantitative estimate of drug-likeness (QED) is 0.833. The molecule has 1 aliphatic heterocycles. The first-order valence-electron chi connectivity index (χ1n) is 5.85. The van der Waals surface area contributed by atoms with E-state index in [-0.39, 0.29) is 12.4 Å². The predicted octanol–water partition coefficient (Wildman–Crippen LogP) is 2.55. The van der Waals surface area contributed by atoms with E-state index in [9.17, 15) is 9.50 Å². The second-order valence-electron chi connectivity index (χ2n) is 4.58. The maximum absolute atomic E-state index is 13.8. The fourth-order valence-electron chi connectivity index (χ4n) is 2.27. The minimum absolute atomic E-state index is 0.0981. The molecule has 3 heteroatoms. The van der Waals surface area contributed by atoms with Crippen molar-refractivity contribution in [2.45, 2.75) is 26.4 Å². The first kappa shape index (κ1) is 11.4. The Bertz CT molecular complexity index is 359. The summed E-state index contributed by atoms with van der Waals surface area (Å²) < 4.78 is 13.8. The molecule has 0 saturated carbocycles. The Morgan fingerprint density at radius 2 is 2.06 bits per heavy atom. The molecule has 1 aliphatic rings. The van der Waals surface area contributed by atoms with Gasteiger partial charge in [0.2, 0.25) is 0 Å². The van der Waals surface area contributed by atoms with E-state index in [1.807, 2.05) is 0 Å². The molecule has 0 bridgehead atoms. The molecule has 1 aromatic rings. The molecule has 1 aromatic carbocycles. The van der Waals surface area contributed by atoms with Crippen LogP contribution in [0.5, 0.6) is 0 Å². The van der Waals surface area contributed by atoms with E-state index in [1.165, 1.54) is 6.07 Å². The zero-order valence-electron chi connectivity index (χ0n) is 9.62. The number of para-hydroxylation sites is 1. The third kappa shape index (κ3) is 2.19.